The maximum Gasteiger partial charge on any atom is 0.0208 e. The van der Waals surface area contributed by atoms with Crippen molar-refractivity contribution in [1.29, 1.82) is 0 Å². The van der Waals surface area contributed by atoms with Gasteiger partial charge in [-0.05, 0) is 42.6 Å². The molecular formula is C15H25NS. The molecule has 0 heterocycles. The SMILES string of the molecule is CCNCc1ccc(SCC(C)CC)cc1C. The van der Waals surface area contributed by atoms with Crippen LogP contribution in [-0.2, 0) is 6.54 Å². The summed E-state index contributed by atoms with van der Waals surface area (Å²) >= 11 is 1.98. The van der Waals surface area contributed by atoms with Crippen molar-refractivity contribution >= 4 is 11.8 Å². The van der Waals surface area contributed by atoms with Gasteiger partial charge in [-0.25, -0.2) is 0 Å². The van der Waals surface area contributed by atoms with E-state index in [4.69, 9.17) is 0 Å². The van der Waals surface area contributed by atoms with Gasteiger partial charge in [0.1, 0.15) is 0 Å². The summed E-state index contributed by atoms with van der Waals surface area (Å²) in [4.78, 5) is 1.41. The Morgan fingerprint density at radius 3 is 2.65 bits per heavy atom. The first-order chi connectivity index (χ1) is 8.17. The van der Waals surface area contributed by atoms with Crippen LogP contribution in [0, 0.1) is 12.8 Å². The van der Waals surface area contributed by atoms with Crippen LogP contribution >= 0.6 is 11.8 Å². The molecule has 96 valence electrons. The number of nitrogens with one attached hydrogen (secondary N) is 1. The molecule has 0 saturated heterocycles. The van der Waals surface area contributed by atoms with Gasteiger partial charge in [0.05, 0.1) is 0 Å². The third-order valence-electron chi connectivity index (χ3n) is 3.11. The van der Waals surface area contributed by atoms with E-state index in [0.717, 1.165) is 19.0 Å². The molecule has 1 atom stereocenters. The van der Waals surface area contributed by atoms with Crippen LogP contribution in [-0.4, -0.2) is 12.3 Å². The molecule has 0 aliphatic carbocycles. The highest BCUT2D eigenvalue weighted by atomic mass is 32.2. The van der Waals surface area contributed by atoms with E-state index in [9.17, 15) is 0 Å². The van der Waals surface area contributed by atoms with Crippen molar-refractivity contribution in [1.82, 2.24) is 5.32 Å². The lowest BCUT2D eigenvalue weighted by Gasteiger charge is -2.11. The predicted octanol–water partition coefficient (Wildman–Crippen LogP) is 4.24. The molecule has 1 aromatic rings. The summed E-state index contributed by atoms with van der Waals surface area (Å²) in [5, 5.41) is 3.38. The third kappa shape index (κ3) is 5.13. The summed E-state index contributed by atoms with van der Waals surface area (Å²) < 4.78 is 0. The van der Waals surface area contributed by atoms with Gasteiger partial charge in [-0.2, -0.15) is 0 Å². The fraction of sp³-hybridized carbons (Fsp3) is 0.600. The predicted molar refractivity (Wildman–Crippen MR) is 78.7 cm³/mol. The molecule has 0 saturated carbocycles. The fourth-order valence-electron chi connectivity index (χ4n) is 1.57. The van der Waals surface area contributed by atoms with E-state index < -0.39 is 0 Å². The van der Waals surface area contributed by atoms with Crippen LogP contribution in [0.25, 0.3) is 0 Å². The zero-order valence-corrected chi connectivity index (χ0v) is 12.4. The van der Waals surface area contributed by atoms with E-state index in [-0.39, 0.29) is 0 Å². The molecule has 1 rings (SSSR count). The molecule has 0 bridgehead atoms. The molecule has 0 amide bonds. The van der Waals surface area contributed by atoms with Crippen LogP contribution in [0.2, 0.25) is 0 Å². The normalized spacial score (nSPS) is 12.7. The highest BCUT2D eigenvalue weighted by molar-refractivity contribution is 7.99. The zero-order valence-electron chi connectivity index (χ0n) is 11.5. The Morgan fingerprint density at radius 2 is 2.06 bits per heavy atom. The topological polar surface area (TPSA) is 12.0 Å². The van der Waals surface area contributed by atoms with Crippen molar-refractivity contribution in [2.24, 2.45) is 5.92 Å². The summed E-state index contributed by atoms with van der Waals surface area (Å²) in [6, 6.07) is 6.84. The van der Waals surface area contributed by atoms with Gasteiger partial charge in [-0.15, -0.1) is 11.8 Å². The van der Waals surface area contributed by atoms with E-state index in [1.807, 2.05) is 11.8 Å². The van der Waals surface area contributed by atoms with Crippen molar-refractivity contribution in [3.63, 3.8) is 0 Å². The monoisotopic (exact) mass is 251 g/mol. The molecule has 17 heavy (non-hydrogen) atoms. The number of benzene rings is 1. The van der Waals surface area contributed by atoms with Crippen LogP contribution in [0.1, 0.15) is 38.3 Å². The second-order valence-corrected chi connectivity index (χ2v) is 5.79. The maximum absolute atomic E-state index is 3.38. The number of rotatable bonds is 7. The Kier molecular flexibility index (Phi) is 6.68. The van der Waals surface area contributed by atoms with Gasteiger partial charge >= 0.3 is 0 Å². The van der Waals surface area contributed by atoms with Crippen LogP contribution < -0.4 is 5.32 Å². The van der Waals surface area contributed by atoms with Gasteiger partial charge < -0.3 is 5.32 Å². The van der Waals surface area contributed by atoms with Crippen molar-refractivity contribution < 1.29 is 0 Å². The van der Waals surface area contributed by atoms with Gasteiger partial charge in [0.25, 0.3) is 0 Å². The fourth-order valence-corrected chi connectivity index (χ4v) is 2.71. The summed E-state index contributed by atoms with van der Waals surface area (Å²) in [6.45, 7) is 10.9. The first-order valence-corrected chi connectivity index (χ1v) is 7.59. The van der Waals surface area contributed by atoms with E-state index in [1.54, 1.807) is 0 Å². The van der Waals surface area contributed by atoms with E-state index in [2.05, 4.69) is 51.2 Å². The molecule has 0 spiro atoms. The second kappa shape index (κ2) is 7.78. The Balaban J connectivity index is 2.55. The number of aryl methyl sites for hydroxylation is 1. The van der Waals surface area contributed by atoms with Crippen LogP contribution in [0.4, 0.5) is 0 Å². The summed E-state index contributed by atoms with van der Waals surface area (Å²) in [5.74, 6) is 2.03. The Hall–Kier alpha value is -0.470. The molecule has 0 aliphatic rings. The lowest BCUT2D eigenvalue weighted by molar-refractivity contribution is 0.637. The van der Waals surface area contributed by atoms with Crippen molar-refractivity contribution in [2.75, 3.05) is 12.3 Å². The summed E-state index contributed by atoms with van der Waals surface area (Å²) in [6.07, 6.45) is 1.27. The van der Waals surface area contributed by atoms with Crippen molar-refractivity contribution in [3.8, 4) is 0 Å². The molecule has 0 fully saturated rings. The molecule has 1 aromatic carbocycles. The maximum atomic E-state index is 3.38. The highest BCUT2D eigenvalue weighted by Crippen LogP contribution is 2.24. The van der Waals surface area contributed by atoms with Crippen molar-refractivity contribution in [3.05, 3.63) is 29.3 Å². The molecule has 0 aliphatic heterocycles. The van der Waals surface area contributed by atoms with Crippen LogP contribution in [0.3, 0.4) is 0 Å². The van der Waals surface area contributed by atoms with Gasteiger partial charge in [0.15, 0.2) is 0 Å². The first kappa shape index (κ1) is 14.6. The molecule has 0 aromatic heterocycles. The molecule has 0 radical (unpaired) electrons. The first-order valence-electron chi connectivity index (χ1n) is 6.60. The lowest BCUT2D eigenvalue weighted by atomic mass is 10.1. The molecular weight excluding hydrogens is 226 g/mol. The minimum atomic E-state index is 0.807. The van der Waals surface area contributed by atoms with Gasteiger partial charge in [0, 0.05) is 17.2 Å². The number of thioether (sulfide) groups is 1. The summed E-state index contributed by atoms with van der Waals surface area (Å²) in [7, 11) is 0. The second-order valence-electron chi connectivity index (χ2n) is 4.69. The average molecular weight is 251 g/mol. The Bertz CT molecular complexity index is 336. The van der Waals surface area contributed by atoms with E-state index >= 15 is 0 Å². The van der Waals surface area contributed by atoms with Crippen LogP contribution in [0.5, 0.6) is 0 Å². The minimum absolute atomic E-state index is 0.807. The Morgan fingerprint density at radius 1 is 1.29 bits per heavy atom. The molecule has 2 heteroatoms. The standard InChI is InChI=1S/C15H25NS/c1-5-12(3)11-17-15-8-7-14(10-16-6-2)13(4)9-15/h7-9,12,16H,5-6,10-11H2,1-4H3. The van der Waals surface area contributed by atoms with Crippen LogP contribution in [0.15, 0.2) is 23.1 Å². The highest BCUT2D eigenvalue weighted by Gasteiger charge is 2.03. The average Bonchev–Trinajstić information content (AvgIpc) is 2.34. The van der Waals surface area contributed by atoms with Crippen molar-refractivity contribution in [2.45, 2.75) is 45.6 Å². The lowest BCUT2D eigenvalue weighted by Crippen LogP contribution is -2.12. The smallest absolute Gasteiger partial charge is 0.0208 e. The minimum Gasteiger partial charge on any atom is -0.313 e. The van der Waals surface area contributed by atoms with E-state index in [1.165, 1.54) is 28.2 Å². The Labute approximate surface area is 110 Å². The van der Waals surface area contributed by atoms with E-state index in [0.29, 0.717) is 0 Å². The van der Waals surface area contributed by atoms with Gasteiger partial charge in [-0.1, -0.05) is 33.3 Å². The molecule has 1 unspecified atom stereocenters. The number of hydrogen-bond donors (Lipinski definition) is 1. The zero-order chi connectivity index (χ0) is 12.7. The third-order valence-corrected chi connectivity index (χ3v) is 4.43. The summed E-state index contributed by atoms with van der Waals surface area (Å²) in [5.41, 5.74) is 2.82. The molecule has 1 nitrogen and oxygen atoms in total. The largest absolute Gasteiger partial charge is 0.313 e. The van der Waals surface area contributed by atoms with Gasteiger partial charge in [-0.3, -0.25) is 0 Å². The van der Waals surface area contributed by atoms with Gasteiger partial charge in [0.2, 0.25) is 0 Å². The quantitative estimate of drug-likeness (QED) is 0.727. The molecule has 1 N–H and O–H groups in total. The number of hydrogen-bond acceptors (Lipinski definition) is 2.